The maximum absolute atomic E-state index is 12.5. The first-order valence-electron chi connectivity index (χ1n) is 8.37. The van der Waals surface area contributed by atoms with E-state index in [9.17, 15) is 9.59 Å². The summed E-state index contributed by atoms with van der Waals surface area (Å²) in [6, 6.07) is 0. The Bertz CT molecular complexity index is 504. The van der Waals surface area contributed by atoms with E-state index in [2.05, 4.69) is 13.0 Å². The number of ketones is 2. The zero-order valence-corrected chi connectivity index (χ0v) is 14.7. The molecule has 2 heteroatoms. The van der Waals surface area contributed by atoms with Gasteiger partial charge < -0.3 is 0 Å². The minimum Gasteiger partial charge on any atom is -0.299 e. The summed E-state index contributed by atoms with van der Waals surface area (Å²) in [7, 11) is 0. The second kappa shape index (κ2) is 8.87. The minimum atomic E-state index is 0.198. The van der Waals surface area contributed by atoms with Crippen molar-refractivity contribution in [2.45, 2.75) is 66.7 Å². The lowest BCUT2D eigenvalue weighted by Gasteiger charge is -2.13. The van der Waals surface area contributed by atoms with Gasteiger partial charge in [-0.05, 0) is 44.1 Å². The van der Waals surface area contributed by atoms with Crippen LogP contribution in [0.1, 0.15) is 66.7 Å². The standard InChI is InChI=1S/C20H30O2/c1-14(2)19-10-9-17(5)12-18(21)11-15(3)7-6-8-16(4)13-20(19)22/h8-10,14-15H,6-7,11-13H2,1-5H3/b16-8+,17-9+,19-10-/t15-/m0/s1. The first kappa shape index (κ1) is 18.6. The molecule has 0 unspecified atom stereocenters. The fourth-order valence-corrected chi connectivity index (χ4v) is 2.81. The van der Waals surface area contributed by atoms with Crippen molar-refractivity contribution in [3.05, 3.63) is 34.9 Å². The van der Waals surface area contributed by atoms with Gasteiger partial charge in [-0.25, -0.2) is 0 Å². The van der Waals surface area contributed by atoms with Crippen LogP contribution in [0, 0.1) is 11.8 Å². The van der Waals surface area contributed by atoms with Crippen molar-refractivity contribution < 1.29 is 9.59 Å². The highest BCUT2D eigenvalue weighted by molar-refractivity contribution is 5.97. The van der Waals surface area contributed by atoms with Crippen LogP contribution in [-0.4, -0.2) is 11.6 Å². The molecule has 0 saturated carbocycles. The molecule has 0 heterocycles. The van der Waals surface area contributed by atoms with E-state index in [1.54, 1.807) is 0 Å². The zero-order valence-electron chi connectivity index (χ0n) is 14.7. The molecule has 0 radical (unpaired) electrons. The Hall–Kier alpha value is -1.44. The van der Waals surface area contributed by atoms with Crippen LogP contribution in [0.4, 0.5) is 0 Å². The zero-order chi connectivity index (χ0) is 16.7. The highest BCUT2D eigenvalue weighted by Crippen LogP contribution is 2.20. The van der Waals surface area contributed by atoms with Gasteiger partial charge in [0.25, 0.3) is 0 Å². The summed E-state index contributed by atoms with van der Waals surface area (Å²) < 4.78 is 0. The van der Waals surface area contributed by atoms with Crippen LogP contribution in [-0.2, 0) is 9.59 Å². The Morgan fingerprint density at radius 3 is 2.36 bits per heavy atom. The highest BCUT2D eigenvalue weighted by atomic mass is 16.1. The van der Waals surface area contributed by atoms with Crippen molar-refractivity contribution in [1.29, 1.82) is 0 Å². The van der Waals surface area contributed by atoms with Crippen LogP contribution in [0.2, 0.25) is 0 Å². The van der Waals surface area contributed by atoms with E-state index < -0.39 is 0 Å². The summed E-state index contributed by atoms with van der Waals surface area (Å²) in [6.45, 7) is 10.2. The quantitative estimate of drug-likeness (QED) is 0.624. The Labute approximate surface area is 135 Å². The smallest absolute Gasteiger partial charge is 0.163 e. The van der Waals surface area contributed by atoms with Crippen LogP contribution >= 0.6 is 0 Å². The Balaban J connectivity index is 3.06. The van der Waals surface area contributed by atoms with Crippen molar-refractivity contribution in [3.8, 4) is 0 Å². The number of rotatable bonds is 1. The lowest BCUT2D eigenvalue weighted by molar-refractivity contribution is -0.119. The van der Waals surface area contributed by atoms with E-state index in [1.807, 2.05) is 39.8 Å². The van der Waals surface area contributed by atoms with Gasteiger partial charge in [-0.3, -0.25) is 9.59 Å². The van der Waals surface area contributed by atoms with E-state index in [-0.39, 0.29) is 11.7 Å². The molecule has 0 spiro atoms. The number of Topliss-reactive ketones (excluding diaryl/α,β-unsaturated/α-hetero) is 2. The normalized spacial score (nSPS) is 29.9. The summed E-state index contributed by atoms with van der Waals surface area (Å²) in [5.41, 5.74) is 3.02. The monoisotopic (exact) mass is 302 g/mol. The van der Waals surface area contributed by atoms with Gasteiger partial charge in [0.1, 0.15) is 5.78 Å². The molecule has 122 valence electrons. The molecule has 0 fully saturated rings. The molecule has 1 atom stereocenters. The van der Waals surface area contributed by atoms with Gasteiger partial charge in [0.05, 0.1) is 0 Å². The van der Waals surface area contributed by atoms with Gasteiger partial charge in [-0.1, -0.05) is 50.1 Å². The Morgan fingerprint density at radius 1 is 1.05 bits per heavy atom. The second-order valence-corrected chi connectivity index (χ2v) is 7.04. The summed E-state index contributed by atoms with van der Waals surface area (Å²) in [5.74, 6) is 1.10. The van der Waals surface area contributed by atoms with Gasteiger partial charge >= 0.3 is 0 Å². The molecule has 1 rings (SSSR count). The third-order valence-electron chi connectivity index (χ3n) is 4.14. The topological polar surface area (TPSA) is 34.1 Å². The first-order chi connectivity index (χ1) is 10.3. The van der Waals surface area contributed by atoms with Crippen molar-refractivity contribution in [2.75, 3.05) is 0 Å². The largest absolute Gasteiger partial charge is 0.299 e. The molecule has 0 amide bonds. The van der Waals surface area contributed by atoms with Crippen LogP contribution in [0.5, 0.6) is 0 Å². The third kappa shape index (κ3) is 6.55. The van der Waals surface area contributed by atoms with Crippen LogP contribution < -0.4 is 0 Å². The molecule has 0 aromatic heterocycles. The van der Waals surface area contributed by atoms with Crippen LogP contribution in [0.15, 0.2) is 34.9 Å². The van der Waals surface area contributed by atoms with Crippen molar-refractivity contribution in [1.82, 2.24) is 0 Å². The van der Waals surface area contributed by atoms with E-state index in [1.165, 1.54) is 0 Å². The molecule has 0 bridgehead atoms. The predicted octanol–water partition coefficient (Wildman–Crippen LogP) is 5.20. The lowest BCUT2D eigenvalue weighted by Crippen LogP contribution is -2.10. The average molecular weight is 302 g/mol. The van der Waals surface area contributed by atoms with E-state index in [4.69, 9.17) is 0 Å². The Kier molecular flexibility index (Phi) is 7.50. The lowest BCUT2D eigenvalue weighted by atomic mass is 9.91. The first-order valence-corrected chi connectivity index (χ1v) is 8.37. The van der Waals surface area contributed by atoms with Crippen molar-refractivity contribution in [2.24, 2.45) is 11.8 Å². The molecule has 0 aliphatic heterocycles. The summed E-state index contributed by atoms with van der Waals surface area (Å²) in [6.07, 6.45) is 9.62. The van der Waals surface area contributed by atoms with Gasteiger partial charge in [0.2, 0.25) is 0 Å². The molecule has 0 N–H and O–H groups in total. The maximum atomic E-state index is 12.5. The van der Waals surface area contributed by atoms with E-state index >= 15 is 0 Å². The van der Waals surface area contributed by atoms with Gasteiger partial charge in [-0.2, -0.15) is 0 Å². The van der Waals surface area contributed by atoms with E-state index in [0.29, 0.717) is 31.0 Å². The average Bonchev–Trinajstić information content (AvgIpc) is 2.36. The number of hydrogen-bond acceptors (Lipinski definition) is 2. The molecule has 22 heavy (non-hydrogen) atoms. The van der Waals surface area contributed by atoms with Crippen molar-refractivity contribution in [3.63, 3.8) is 0 Å². The molecule has 0 saturated heterocycles. The molecule has 2 nitrogen and oxygen atoms in total. The van der Waals surface area contributed by atoms with Gasteiger partial charge in [0, 0.05) is 19.3 Å². The fourth-order valence-electron chi connectivity index (χ4n) is 2.81. The molecular formula is C20H30O2. The van der Waals surface area contributed by atoms with Crippen LogP contribution in [0.25, 0.3) is 0 Å². The van der Waals surface area contributed by atoms with E-state index in [0.717, 1.165) is 29.6 Å². The molecule has 0 aromatic rings. The maximum Gasteiger partial charge on any atom is 0.163 e. The highest BCUT2D eigenvalue weighted by Gasteiger charge is 2.14. The number of carbonyl (C=O) groups is 2. The van der Waals surface area contributed by atoms with Crippen molar-refractivity contribution >= 4 is 11.6 Å². The number of carbonyl (C=O) groups excluding carboxylic acids is 2. The minimum absolute atomic E-state index is 0.198. The number of hydrogen-bond donors (Lipinski definition) is 0. The second-order valence-electron chi connectivity index (χ2n) is 7.04. The van der Waals surface area contributed by atoms with Gasteiger partial charge in [-0.15, -0.1) is 0 Å². The molecule has 1 aliphatic carbocycles. The predicted molar refractivity (Wildman–Crippen MR) is 92.7 cm³/mol. The molecular weight excluding hydrogens is 272 g/mol. The molecule has 0 aromatic carbocycles. The summed E-state index contributed by atoms with van der Waals surface area (Å²) >= 11 is 0. The Morgan fingerprint density at radius 2 is 1.73 bits per heavy atom. The van der Waals surface area contributed by atoms with Crippen LogP contribution in [0.3, 0.4) is 0 Å². The summed E-state index contributed by atoms with van der Waals surface area (Å²) in [5, 5.41) is 0. The SMILES string of the molecule is C/C1=C\C=C(\C(C)C)C(=O)C/C(C)=C/CC[C@H](C)CC(=O)C1. The van der Waals surface area contributed by atoms with Gasteiger partial charge in [0.15, 0.2) is 5.78 Å². The molecule has 1 aliphatic rings. The summed E-state index contributed by atoms with van der Waals surface area (Å²) in [4.78, 5) is 24.5. The number of allylic oxidation sites excluding steroid dienone is 6. The fraction of sp³-hybridized carbons (Fsp3) is 0.600. The third-order valence-corrected chi connectivity index (χ3v) is 4.14.